The van der Waals surface area contributed by atoms with E-state index >= 15 is 0 Å². The SMILES string of the molecule is CN=C(NCCCOCCOC)NCCOc1ccc2c(c1)OCO2. The highest BCUT2D eigenvalue weighted by Crippen LogP contribution is 2.34. The van der Waals surface area contributed by atoms with Crippen LogP contribution in [0.3, 0.4) is 0 Å². The molecule has 0 fully saturated rings. The van der Waals surface area contributed by atoms with E-state index in [4.69, 9.17) is 23.7 Å². The Kier molecular flexibility index (Phi) is 8.71. The van der Waals surface area contributed by atoms with Crippen LogP contribution in [0.1, 0.15) is 6.42 Å². The number of aliphatic imine (C=N–C) groups is 1. The van der Waals surface area contributed by atoms with Gasteiger partial charge in [0.25, 0.3) is 0 Å². The van der Waals surface area contributed by atoms with Crippen LogP contribution in [-0.2, 0) is 9.47 Å². The molecule has 2 N–H and O–H groups in total. The first-order valence-electron chi connectivity index (χ1n) is 8.37. The zero-order valence-electron chi connectivity index (χ0n) is 14.9. The molecule has 0 aromatic heterocycles. The molecule has 0 bridgehead atoms. The molecular weight excluding hydrogens is 326 g/mol. The summed E-state index contributed by atoms with van der Waals surface area (Å²) in [5, 5.41) is 6.43. The Labute approximate surface area is 148 Å². The molecule has 140 valence electrons. The summed E-state index contributed by atoms with van der Waals surface area (Å²) in [4.78, 5) is 4.17. The van der Waals surface area contributed by atoms with Crippen LogP contribution in [0.2, 0.25) is 0 Å². The Morgan fingerprint density at radius 3 is 2.76 bits per heavy atom. The summed E-state index contributed by atoms with van der Waals surface area (Å²) in [5.74, 6) is 2.96. The van der Waals surface area contributed by atoms with Gasteiger partial charge in [0, 0.05) is 33.4 Å². The number of hydrogen-bond acceptors (Lipinski definition) is 6. The standard InChI is InChI=1S/C17H27N3O5/c1-18-17(19-6-3-8-22-11-10-21-2)20-7-9-23-14-4-5-15-16(12-14)25-13-24-15/h4-5,12H,3,6-11,13H2,1-2H3,(H2,18,19,20). The molecule has 0 atom stereocenters. The fraction of sp³-hybridized carbons (Fsp3) is 0.588. The van der Waals surface area contributed by atoms with Gasteiger partial charge in [0.05, 0.1) is 19.8 Å². The molecule has 0 saturated carbocycles. The lowest BCUT2D eigenvalue weighted by atomic mass is 10.3. The minimum absolute atomic E-state index is 0.264. The lowest BCUT2D eigenvalue weighted by molar-refractivity contribution is 0.0698. The van der Waals surface area contributed by atoms with E-state index < -0.39 is 0 Å². The Morgan fingerprint density at radius 1 is 1.08 bits per heavy atom. The van der Waals surface area contributed by atoms with Crippen molar-refractivity contribution in [3.05, 3.63) is 18.2 Å². The number of nitrogens with one attached hydrogen (secondary N) is 2. The molecular formula is C17H27N3O5. The second-order valence-electron chi connectivity index (χ2n) is 5.25. The van der Waals surface area contributed by atoms with E-state index in [0.717, 1.165) is 36.2 Å². The number of benzene rings is 1. The normalized spacial score (nSPS) is 13.0. The predicted octanol–water partition coefficient (Wildman–Crippen LogP) is 1.01. The maximum atomic E-state index is 5.69. The van der Waals surface area contributed by atoms with Gasteiger partial charge in [0.1, 0.15) is 12.4 Å². The van der Waals surface area contributed by atoms with Crippen molar-refractivity contribution in [2.24, 2.45) is 4.99 Å². The van der Waals surface area contributed by atoms with Gasteiger partial charge in [-0.3, -0.25) is 4.99 Å². The number of methoxy groups -OCH3 is 1. The molecule has 0 amide bonds. The molecule has 8 nitrogen and oxygen atoms in total. The fourth-order valence-electron chi connectivity index (χ4n) is 2.15. The van der Waals surface area contributed by atoms with Crippen LogP contribution >= 0.6 is 0 Å². The quantitative estimate of drug-likeness (QED) is 0.349. The first-order chi connectivity index (χ1) is 12.3. The molecule has 0 aliphatic carbocycles. The van der Waals surface area contributed by atoms with Crippen molar-refractivity contribution in [2.75, 3.05) is 60.5 Å². The van der Waals surface area contributed by atoms with Gasteiger partial charge in [-0.1, -0.05) is 0 Å². The third-order valence-electron chi connectivity index (χ3n) is 3.42. The fourth-order valence-corrected chi connectivity index (χ4v) is 2.15. The highest BCUT2D eigenvalue weighted by Gasteiger charge is 2.13. The maximum Gasteiger partial charge on any atom is 0.231 e. The van der Waals surface area contributed by atoms with Crippen molar-refractivity contribution in [1.29, 1.82) is 0 Å². The van der Waals surface area contributed by atoms with Gasteiger partial charge in [-0.25, -0.2) is 0 Å². The van der Waals surface area contributed by atoms with Crippen molar-refractivity contribution in [2.45, 2.75) is 6.42 Å². The van der Waals surface area contributed by atoms with Gasteiger partial charge in [0.2, 0.25) is 6.79 Å². The first kappa shape index (κ1) is 19.1. The molecule has 1 aliphatic rings. The van der Waals surface area contributed by atoms with E-state index in [2.05, 4.69) is 15.6 Å². The number of fused-ring (bicyclic) bond motifs is 1. The summed E-state index contributed by atoms with van der Waals surface area (Å²) in [7, 11) is 3.40. The van der Waals surface area contributed by atoms with Crippen LogP contribution in [-0.4, -0.2) is 66.4 Å². The zero-order valence-corrected chi connectivity index (χ0v) is 14.9. The Morgan fingerprint density at radius 2 is 1.92 bits per heavy atom. The highest BCUT2D eigenvalue weighted by atomic mass is 16.7. The second kappa shape index (κ2) is 11.4. The smallest absolute Gasteiger partial charge is 0.231 e. The lowest BCUT2D eigenvalue weighted by Gasteiger charge is -2.12. The summed E-state index contributed by atoms with van der Waals surface area (Å²) in [6.07, 6.45) is 0.901. The van der Waals surface area contributed by atoms with Gasteiger partial charge < -0.3 is 34.3 Å². The van der Waals surface area contributed by atoms with Gasteiger partial charge in [0.15, 0.2) is 17.5 Å². The topological polar surface area (TPSA) is 82.6 Å². The van der Waals surface area contributed by atoms with Gasteiger partial charge in [-0.2, -0.15) is 0 Å². The second-order valence-corrected chi connectivity index (χ2v) is 5.25. The molecule has 8 heteroatoms. The average Bonchev–Trinajstić information content (AvgIpc) is 3.10. The van der Waals surface area contributed by atoms with Crippen LogP contribution in [0.15, 0.2) is 23.2 Å². The molecule has 0 unspecified atom stereocenters. The van der Waals surface area contributed by atoms with Crippen molar-refractivity contribution >= 4 is 5.96 Å². The highest BCUT2D eigenvalue weighted by molar-refractivity contribution is 5.79. The van der Waals surface area contributed by atoms with E-state index in [1.165, 1.54) is 0 Å². The molecule has 0 radical (unpaired) electrons. The average molecular weight is 353 g/mol. The molecule has 25 heavy (non-hydrogen) atoms. The van der Waals surface area contributed by atoms with E-state index in [1.807, 2.05) is 18.2 Å². The summed E-state index contributed by atoms with van der Waals surface area (Å²) in [5.41, 5.74) is 0. The molecule has 1 heterocycles. The molecule has 1 aliphatic heterocycles. The van der Waals surface area contributed by atoms with Crippen LogP contribution in [0.5, 0.6) is 17.2 Å². The monoisotopic (exact) mass is 353 g/mol. The summed E-state index contributed by atoms with van der Waals surface area (Å²) in [6.45, 7) is 4.15. The van der Waals surface area contributed by atoms with Crippen molar-refractivity contribution in [3.8, 4) is 17.2 Å². The first-order valence-corrected chi connectivity index (χ1v) is 8.37. The van der Waals surface area contributed by atoms with E-state index in [-0.39, 0.29) is 6.79 Å². The number of nitrogens with zero attached hydrogens (tertiary/aromatic N) is 1. The van der Waals surface area contributed by atoms with Crippen LogP contribution in [0.25, 0.3) is 0 Å². The largest absolute Gasteiger partial charge is 0.492 e. The molecule has 1 aromatic carbocycles. The van der Waals surface area contributed by atoms with Crippen LogP contribution in [0.4, 0.5) is 0 Å². The molecule has 0 spiro atoms. The van der Waals surface area contributed by atoms with Gasteiger partial charge in [-0.15, -0.1) is 0 Å². The summed E-state index contributed by atoms with van der Waals surface area (Å²) in [6, 6.07) is 5.55. The number of rotatable bonds is 11. The zero-order chi connectivity index (χ0) is 17.7. The Balaban J connectivity index is 1.54. The van der Waals surface area contributed by atoms with Gasteiger partial charge >= 0.3 is 0 Å². The maximum absolute atomic E-state index is 5.69. The molecule has 0 saturated heterocycles. The van der Waals surface area contributed by atoms with E-state index in [0.29, 0.717) is 33.0 Å². The van der Waals surface area contributed by atoms with Crippen LogP contribution in [0, 0.1) is 0 Å². The minimum atomic E-state index is 0.264. The Hall–Kier alpha value is -2.19. The van der Waals surface area contributed by atoms with E-state index in [1.54, 1.807) is 14.2 Å². The number of ether oxygens (including phenoxy) is 5. The third kappa shape index (κ3) is 7.06. The van der Waals surface area contributed by atoms with Crippen LogP contribution < -0.4 is 24.8 Å². The van der Waals surface area contributed by atoms with Crippen molar-refractivity contribution < 1.29 is 23.7 Å². The van der Waals surface area contributed by atoms with Gasteiger partial charge in [-0.05, 0) is 18.6 Å². The third-order valence-corrected chi connectivity index (χ3v) is 3.42. The summed E-state index contributed by atoms with van der Waals surface area (Å²) < 4.78 is 26.6. The minimum Gasteiger partial charge on any atom is -0.492 e. The summed E-state index contributed by atoms with van der Waals surface area (Å²) >= 11 is 0. The number of hydrogen-bond donors (Lipinski definition) is 2. The molecule has 1 aromatic rings. The van der Waals surface area contributed by atoms with E-state index in [9.17, 15) is 0 Å². The van der Waals surface area contributed by atoms with Crippen molar-refractivity contribution in [3.63, 3.8) is 0 Å². The van der Waals surface area contributed by atoms with Crippen molar-refractivity contribution in [1.82, 2.24) is 10.6 Å². The lowest BCUT2D eigenvalue weighted by Crippen LogP contribution is -2.39. The number of guanidine groups is 1. The molecule has 2 rings (SSSR count). The predicted molar refractivity (Wildman–Crippen MR) is 94.7 cm³/mol. The Bertz CT molecular complexity index is 539.